The summed E-state index contributed by atoms with van der Waals surface area (Å²) in [5, 5.41) is 8.81. The molecule has 2 fully saturated rings. The molecule has 3 atom stereocenters. The van der Waals surface area contributed by atoms with Gasteiger partial charge in [-0.2, -0.15) is 0 Å². The molecule has 0 bridgehead atoms. The Hall–Kier alpha value is -2.13. The van der Waals surface area contributed by atoms with Crippen LogP contribution < -0.4 is 4.74 Å². The molecule has 38 heavy (non-hydrogen) atoms. The maximum atomic E-state index is 14.0. The first-order valence-electron chi connectivity index (χ1n) is 12.9. The summed E-state index contributed by atoms with van der Waals surface area (Å²) in [4.78, 5) is 18.3. The van der Waals surface area contributed by atoms with Gasteiger partial charge in [0, 0.05) is 42.6 Å². The minimum absolute atomic E-state index is 0.0129. The lowest BCUT2D eigenvalue weighted by Crippen LogP contribution is -2.59. The number of ether oxygens (including phenoxy) is 1. The number of hydrogen-bond donors (Lipinski definition) is 0. The van der Waals surface area contributed by atoms with Gasteiger partial charge in [-0.15, -0.1) is 28.3 Å². The molecule has 202 valence electrons. The summed E-state index contributed by atoms with van der Waals surface area (Å²) in [7, 11) is 0. The second-order valence-electron chi connectivity index (χ2n) is 10.4. The second-order valence-corrected chi connectivity index (χ2v) is 12.7. The summed E-state index contributed by atoms with van der Waals surface area (Å²) < 4.78 is 7.30. The molecule has 1 saturated carbocycles. The third kappa shape index (κ3) is 4.85. The number of alkyl halides is 2. The zero-order chi connectivity index (χ0) is 27.2. The van der Waals surface area contributed by atoms with Crippen LogP contribution in [-0.2, 0) is 16.8 Å². The monoisotopic (exact) mass is 619 g/mol. The van der Waals surface area contributed by atoms with Gasteiger partial charge >= 0.3 is 0 Å². The van der Waals surface area contributed by atoms with Crippen LogP contribution in [0.3, 0.4) is 0 Å². The van der Waals surface area contributed by atoms with E-state index in [4.69, 9.17) is 27.9 Å². The van der Waals surface area contributed by atoms with E-state index < -0.39 is 9.75 Å². The largest absolute Gasteiger partial charge is 0.494 e. The van der Waals surface area contributed by atoms with E-state index in [0.29, 0.717) is 32.7 Å². The smallest absolute Gasteiger partial charge is 0.236 e. The Morgan fingerprint density at radius 2 is 1.79 bits per heavy atom. The van der Waals surface area contributed by atoms with Crippen molar-refractivity contribution < 1.29 is 9.53 Å². The van der Waals surface area contributed by atoms with Crippen LogP contribution >= 0.6 is 39.1 Å². The molecule has 0 radical (unpaired) electrons. The molecule has 1 aliphatic carbocycles. The first kappa shape index (κ1) is 27.4. The minimum Gasteiger partial charge on any atom is -0.494 e. The highest BCUT2D eigenvalue weighted by Gasteiger charge is 2.73. The average Bonchev–Trinajstić information content (AvgIpc) is 3.20. The molecule has 1 saturated heterocycles. The van der Waals surface area contributed by atoms with Crippen LogP contribution in [0.5, 0.6) is 5.75 Å². The Labute approximate surface area is 242 Å². The summed E-state index contributed by atoms with van der Waals surface area (Å²) in [6.45, 7) is 10.7. The van der Waals surface area contributed by atoms with Gasteiger partial charge < -0.3 is 9.64 Å². The van der Waals surface area contributed by atoms with Gasteiger partial charge in [-0.3, -0.25) is 9.69 Å². The molecule has 0 N–H and O–H groups in total. The van der Waals surface area contributed by atoms with Crippen LogP contribution in [0.25, 0.3) is 5.69 Å². The number of carbonyl (C=O) groups excluding carboxylic acids is 1. The van der Waals surface area contributed by atoms with Gasteiger partial charge in [0.1, 0.15) is 15.5 Å². The van der Waals surface area contributed by atoms with Crippen molar-refractivity contribution in [3.05, 3.63) is 70.0 Å². The van der Waals surface area contributed by atoms with Crippen LogP contribution in [0.15, 0.2) is 53.1 Å². The van der Waals surface area contributed by atoms with Crippen LogP contribution in [-0.4, -0.2) is 66.8 Å². The molecule has 1 amide bonds. The normalized spacial score (nSPS) is 24.9. The summed E-state index contributed by atoms with van der Waals surface area (Å²) in [5.41, 5.74) is 2.88. The van der Waals surface area contributed by atoms with E-state index in [-0.39, 0.29) is 18.0 Å². The van der Waals surface area contributed by atoms with Crippen LogP contribution in [0, 0.1) is 6.92 Å². The van der Waals surface area contributed by atoms with Crippen molar-refractivity contribution in [1.29, 1.82) is 0 Å². The van der Waals surface area contributed by atoms with Crippen molar-refractivity contribution in [3.8, 4) is 11.4 Å². The summed E-state index contributed by atoms with van der Waals surface area (Å²) in [5.74, 6) is 0.748. The Morgan fingerprint density at radius 1 is 1.13 bits per heavy atom. The second kappa shape index (κ2) is 10.5. The summed E-state index contributed by atoms with van der Waals surface area (Å²) in [6, 6.07) is 13.9. The van der Waals surface area contributed by atoms with E-state index >= 15 is 0 Å². The Bertz CT molecular complexity index is 1320. The number of benzene rings is 2. The molecule has 1 unspecified atom stereocenters. The lowest BCUT2D eigenvalue weighted by Gasteiger charge is -2.45. The average molecular weight is 621 g/mol. The van der Waals surface area contributed by atoms with E-state index in [0.717, 1.165) is 32.7 Å². The van der Waals surface area contributed by atoms with Crippen LogP contribution in [0.4, 0.5) is 0 Å². The third-order valence-corrected chi connectivity index (χ3v) is 9.54. The lowest BCUT2D eigenvalue weighted by molar-refractivity contribution is -0.138. The van der Waals surface area contributed by atoms with Gasteiger partial charge in [0.25, 0.3) is 0 Å². The van der Waals surface area contributed by atoms with Crippen molar-refractivity contribution in [1.82, 2.24) is 24.8 Å². The highest BCUT2D eigenvalue weighted by Crippen LogP contribution is 2.65. The van der Waals surface area contributed by atoms with Gasteiger partial charge in [-0.25, -0.2) is 4.68 Å². The van der Waals surface area contributed by atoms with Gasteiger partial charge in [0.05, 0.1) is 24.2 Å². The van der Waals surface area contributed by atoms with Gasteiger partial charge in [-0.05, 0) is 63.1 Å². The fourth-order valence-corrected chi connectivity index (χ4v) is 6.72. The summed E-state index contributed by atoms with van der Waals surface area (Å²) >= 11 is 16.9. The predicted octanol–water partition coefficient (Wildman–Crippen LogP) is 5.67. The first-order chi connectivity index (χ1) is 18.1. The predicted molar refractivity (Wildman–Crippen MR) is 153 cm³/mol. The van der Waals surface area contributed by atoms with Crippen LogP contribution in [0.2, 0.25) is 0 Å². The third-order valence-electron chi connectivity index (χ3n) is 7.77. The molecule has 0 spiro atoms. The van der Waals surface area contributed by atoms with E-state index in [9.17, 15) is 4.79 Å². The van der Waals surface area contributed by atoms with Crippen molar-refractivity contribution in [2.75, 3.05) is 19.7 Å². The standard InChI is InChI=1S/C28H32BrCl2N5O2/c1-5-38-23-11-9-21(10-12-23)27(17-28(27,30)31)26(37)34-13-18(2)35(19(3)14-34)15-22-16-36(33-32-22)25-8-6-7-24(29)20(25)4/h6-12,16,18-19H,5,13-15,17H2,1-4H3/t18-,19+,27?. The molecule has 7 nitrogen and oxygen atoms in total. The minimum atomic E-state index is -1.12. The zero-order valence-electron chi connectivity index (χ0n) is 22.0. The molecular formula is C28H32BrCl2N5O2. The quantitative estimate of drug-likeness (QED) is 0.318. The zero-order valence-corrected chi connectivity index (χ0v) is 25.1. The van der Waals surface area contributed by atoms with Gasteiger partial charge in [0.2, 0.25) is 5.91 Å². The number of rotatable bonds is 7. The van der Waals surface area contributed by atoms with Crippen LogP contribution in [0.1, 0.15) is 44.0 Å². The first-order valence-corrected chi connectivity index (χ1v) is 14.4. The molecule has 1 aliphatic heterocycles. The summed E-state index contributed by atoms with van der Waals surface area (Å²) in [6.07, 6.45) is 2.38. The number of hydrogen-bond acceptors (Lipinski definition) is 5. The molecule has 10 heteroatoms. The SMILES string of the molecule is CCOc1ccc(C2(C(=O)N3C[C@@H](C)N(Cc4cn(-c5cccc(Br)c5C)nn4)[C@@H](C)C3)CC2(Cl)Cl)cc1. The van der Waals surface area contributed by atoms with Crippen molar-refractivity contribution in [2.24, 2.45) is 0 Å². The fraction of sp³-hybridized carbons (Fsp3) is 0.464. The van der Waals surface area contributed by atoms with E-state index in [1.165, 1.54) is 0 Å². The number of piperazine rings is 1. The van der Waals surface area contributed by atoms with E-state index in [1.807, 2.05) is 65.2 Å². The molecule has 3 aromatic rings. The maximum Gasteiger partial charge on any atom is 0.236 e. The number of halogens is 3. The topological polar surface area (TPSA) is 63.5 Å². The molecular weight excluding hydrogens is 589 g/mol. The molecule has 2 aromatic carbocycles. The molecule has 2 aliphatic rings. The molecule has 2 heterocycles. The fourth-order valence-electron chi connectivity index (χ4n) is 5.58. The maximum absolute atomic E-state index is 14.0. The van der Waals surface area contributed by atoms with Gasteiger partial charge in [0.15, 0.2) is 0 Å². The van der Waals surface area contributed by atoms with Crippen molar-refractivity contribution in [3.63, 3.8) is 0 Å². The number of amides is 1. The van der Waals surface area contributed by atoms with Gasteiger partial charge in [-0.1, -0.05) is 39.3 Å². The highest BCUT2D eigenvalue weighted by atomic mass is 79.9. The Balaban J connectivity index is 1.30. The molecule has 5 rings (SSSR count). The number of nitrogens with zero attached hydrogens (tertiary/aromatic N) is 5. The Morgan fingerprint density at radius 3 is 2.39 bits per heavy atom. The van der Waals surface area contributed by atoms with E-state index in [2.05, 4.69) is 51.9 Å². The lowest BCUT2D eigenvalue weighted by atomic mass is 9.92. The Kier molecular flexibility index (Phi) is 7.55. The molecule has 1 aromatic heterocycles. The number of aromatic nitrogens is 3. The van der Waals surface area contributed by atoms with Crippen molar-refractivity contribution in [2.45, 2.75) is 62.5 Å². The number of carbonyl (C=O) groups is 1. The highest BCUT2D eigenvalue weighted by molar-refractivity contribution is 9.10. The van der Waals surface area contributed by atoms with Crippen molar-refractivity contribution >= 4 is 45.0 Å². The van der Waals surface area contributed by atoms with E-state index in [1.54, 1.807) is 0 Å².